The van der Waals surface area contributed by atoms with Crippen LogP contribution in [0.4, 0.5) is 5.82 Å². The molecule has 3 rings (SSSR count). The highest BCUT2D eigenvalue weighted by Gasteiger charge is 2.09. The second-order valence-electron chi connectivity index (χ2n) is 4.99. The molecule has 0 bridgehead atoms. The lowest BCUT2D eigenvalue weighted by molar-refractivity contribution is 0.476. The van der Waals surface area contributed by atoms with Crippen LogP contribution < -0.4 is 5.32 Å². The van der Waals surface area contributed by atoms with E-state index in [1.54, 1.807) is 18.3 Å². The normalized spacial score (nSPS) is 12.3. The molecule has 0 aliphatic carbocycles. The van der Waals surface area contributed by atoms with Gasteiger partial charge in [0.25, 0.3) is 0 Å². The van der Waals surface area contributed by atoms with E-state index in [0.29, 0.717) is 0 Å². The molecule has 0 radical (unpaired) electrons. The predicted octanol–water partition coefficient (Wildman–Crippen LogP) is 4.88. The number of phenols is 1. The van der Waals surface area contributed by atoms with Gasteiger partial charge < -0.3 is 10.4 Å². The molecule has 0 aliphatic heterocycles. The first-order valence-electron chi connectivity index (χ1n) is 6.73. The quantitative estimate of drug-likeness (QED) is 0.713. The second kappa shape index (κ2) is 5.74. The fourth-order valence-corrected chi connectivity index (χ4v) is 2.75. The molecule has 1 atom stereocenters. The van der Waals surface area contributed by atoms with Crippen LogP contribution in [0, 0.1) is 0 Å². The highest BCUT2D eigenvalue weighted by Crippen LogP contribution is 2.28. The van der Waals surface area contributed by atoms with Gasteiger partial charge in [-0.3, -0.25) is 0 Å². The summed E-state index contributed by atoms with van der Waals surface area (Å²) in [6.45, 7) is 2.09. The number of nitrogens with zero attached hydrogens (tertiary/aromatic N) is 1. The molecule has 0 amide bonds. The summed E-state index contributed by atoms with van der Waals surface area (Å²) >= 11 is 3.49. The number of benzene rings is 2. The molecular weight excluding hydrogens is 328 g/mol. The maximum atomic E-state index is 9.68. The van der Waals surface area contributed by atoms with Crippen LogP contribution in [-0.4, -0.2) is 10.1 Å². The van der Waals surface area contributed by atoms with Gasteiger partial charge in [-0.2, -0.15) is 0 Å². The Balaban J connectivity index is 1.96. The zero-order valence-corrected chi connectivity index (χ0v) is 13.1. The molecule has 2 N–H and O–H groups in total. The Kier molecular flexibility index (Phi) is 3.80. The van der Waals surface area contributed by atoms with Gasteiger partial charge in [0.1, 0.15) is 11.6 Å². The van der Waals surface area contributed by atoms with Crippen molar-refractivity contribution < 1.29 is 5.11 Å². The van der Waals surface area contributed by atoms with Gasteiger partial charge in [0, 0.05) is 22.1 Å². The first-order valence-corrected chi connectivity index (χ1v) is 7.52. The predicted molar refractivity (Wildman–Crippen MR) is 89.6 cm³/mol. The molecule has 3 aromatic rings. The van der Waals surface area contributed by atoms with Crippen molar-refractivity contribution in [3.8, 4) is 5.75 Å². The Hall–Kier alpha value is -2.07. The summed E-state index contributed by atoms with van der Waals surface area (Å²) in [6, 6.07) is 15.5. The van der Waals surface area contributed by atoms with Crippen molar-refractivity contribution >= 4 is 32.5 Å². The standard InChI is InChI=1S/C17H15BrN2O/c1-11(13-3-2-4-14(18)9-13)20-17-16-10-15(21)6-5-12(16)7-8-19-17/h2-11,21H,1H3,(H,19,20). The summed E-state index contributed by atoms with van der Waals surface area (Å²) in [5.41, 5.74) is 1.17. The van der Waals surface area contributed by atoms with E-state index in [4.69, 9.17) is 0 Å². The number of aromatic hydroxyl groups is 1. The lowest BCUT2D eigenvalue weighted by Crippen LogP contribution is -2.08. The molecule has 0 fully saturated rings. The average Bonchev–Trinajstić information content (AvgIpc) is 2.48. The Bertz CT molecular complexity index is 789. The third kappa shape index (κ3) is 3.00. The number of rotatable bonds is 3. The molecule has 1 heterocycles. The number of hydrogen-bond donors (Lipinski definition) is 2. The number of pyridine rings is 1. The van der Waals surface area contributed by atoms with Gasteiger partial charge in [-0.15, -0.1) is 0 Å². The highest BCUT2D eigenvalue weighted by atomic mass is 79.9. The Morgan fingerprint density at radius 3 is 2.81 bits per heavy atom. The van der Waals surface area contributed by atoms with Gasteiger partial charge in [-0.1, -0.05) is 34.1 Å². The summed E-state index contributed by atoms with van der Waals surface area (Å²) in [6.07, 6.45) is 1.77. The molecule has 1 unspecified atom stereocenters. The number of nitrogens with one attached hydrogen (secondary N) is 1. The van der Waals surface area contributed by atoms with Gasteiger partial charge in [-0.05, 0) is 48.2 Å². The van der Waals surface area contributed by atoms with E-state index >= 15 is 0 Å². The molecule has 3 nitrogen and oxygen atoms in total. The largest absolute Gasteiger partial charge is 0.508 e. The van der Waals surface area contributed by atoms with Crippen molar-refractivity contribution in [2.24, 2.45) is 0 Å². The fourth-order valence-electron chi connectivity index (χ4n) is 2.34. The van der Waals surface area contributed by atoms with E-state index in [2.05, 4.69) is 45.3 Å². The lowest BCUT2D eigenvalue weighted by atomic mass is 10.1. The van der Waals surface area contributed by atoms with Crippen LogP contribution in [-0.2, 0) is 0 Å². The number of halogens is 1. The SMILES string of the molecule is CC(Nc1nccc2ccc(O)cc12)c1cccc(Br)c1. The number of fused-ring (bicyclic) bond motifs is 1. The van der Waals surface area contributed by atoms with Gasteiger partial charge in [0.15, 0.2) is 0 Å². The van der Waals surface area contributed by atoms with Gasteiger partial charge >= 0.3 is 0 Å². The van der Waals surface area contributed by atoms with Crippen LogP contribution in [0.1, 0.15) is 18.5 Å². The molecule has 4 heteroatoms. The molecular formula is C17H15BrN2O. The minimum absolute atomic E-state index is 0.114. The van der Waals surface area contributed by atoms with E-state index in [1.165, 1.54) is 5.56 Å². The minimum atomic E-state index is 0.114. The topological polar surface area (TPSA) is 45.2 Å². The Morgan fingerprint density at radius 2 is 2.00 bits per heavy atom. The summed E-state index contributed by atoms with van der Waals surface area (Å²) in [5, 5.41) is 15.1. The zero-order valence-electron chi connectivity index (χ0n) is 11.5. The molecule has 0 spiro atoms. The minimum Gasteiger partial charge on any atom is -0.508 e. The second-order valence-corrected chi connectivity index (χ2v) is 5.90. The molecule has 0 saturated carbocycles. The molecule has 1 aromatic heterocycles. The van der Waals surface area contributed by atoms with Crippen molar-refractivity contribution in [3.63, 3.8) is 0 Å². The van der Waals surface area contributed by atoms with Gasteiger partial charge in [0.2, 0.25) is 0 Å². The molecule has 0 aliphatic rings. The lowest BCUT2D eigenvalue weighted by Gasteiger charge is -2.16. The summed E-state index contributed by atoms with van der Waals surface area (Å²) < 4.78 is 1.05. The number of phenolic OH excluding ortho intramolecular Hbond substituents is 1. The monoisotopic (exact) mass is 342 g/mol. The Labute approximate surface area is 131 Å². The van der Waals surface area contributed by atoms with Gasteiger partial charge in [-0.25, -0.2) is 4.98 Å². The van der Waals surface area contributed by atoms with Crippen LogP contribution >= 0.6 is 15.9 Å². The first-order chi connectivity index (χ1) is 10.1. The van der Waals surface area contributed by atoms with E-state index in [0.717, 1.165) is 21.1 Å². The third-order valence-electron chi connectivity index (χ3n) is 3.45. The number of hydrogen-bond acceptors (Lipinski definition) is 3. The van der Waals surface area contributed by atoms with Crippen molar-refractivity contribution in [2.75, 3.05) is 5.32 Å². The summed E-state index contributed by atoms with van der Waals surface area (Å²) in [5.74, 6) is 1.02. The number of aromatic nitrogens is 1. The molecule has 106 valence electrons. The van der Waals surface area contributed by atoms with E-state index < -0.39 is 0 Å². The van der Waals surface area contributed by atoms with E-state index in [1.807, 2.05) is 24.3 Å². The zero-order chi connectivity index (χ0) is 14.8. The van der Waals surface area contributed by atoms with Crippen molar-refractivity contribution in [2.45, 2.75) is 13.0 Å². The van der Waals surface area contributed by atoms with Crippen LogP contribution in [0.15, 0.2) is 59.2 Å². The van der Waals surface area contributed by atoms with Crippen LogP contribution in [0.2, 0.25) is 0 Å². The third-order valence-corrected chi connectivity index (χ3v) is 3.94. The number of anilines is 1. The fraction of sp³-hybridized carbons (Fsp3) is 0.118. The maximum Gasteiger partial charge on any atom is 0.134 e. The van der Waals surface area contributed by atoms with Crippen LogP contribution in [0.25, 0.3) is 10.8 Å². The van der Waals surface area contributed by atoms with E-state index in [9.17, 15) is 5.11 Å². The van der Waals surface area contributed by atoms with Crippen LogP contribution in [0.5, 0.6) is 5.75 Å². The smallest absolute Gasteiger partial charge is 0.134 e. The summed E-state index contributed by atoms with van der Waals surface area (Å²) in [4.78, 5) is 4.40. The summed E-state index contributed by atoms with van der Waals surface area (Å²) in [7, 11) is 0. The average molecular weight is 343 g/mol. The van der Waals surface area contributed by atoms with Gasteiger partial charge in [0.05, 0.1) is 0 Å². The molecule has 2 aromatic carbocycles. The van der Waals surface area contributed by atoms with E-state index in [-0.39, 0.29) is 11.8 Å². The highest BCUT2D eigenvalue weighted by molar-refractivity contribution is 9.10. The maximum absolute atomic E-state index is 9.68. The van der Waals surface area contributed by atoms with Crippen molar-refractivity contribution in [3.05, 3.63) is 64.8 Å². The van der Waals surface area contributed by atoms with Crippen molar-refractivity contribution in [1.29, 1.82) is 0 Å². The van der Waals surface area contributed by atoms with Crippen molar-refractivity contribution in [1.82, 2.24) is 4.98 Å². The van der Waals surface area contributed by atoms with Crippen LogP contribution in [0.3, 0.4) is 0 Å². The Morgan fingerprint density at radius 1 is 1.14 bits per heavy atom. The molecule has 21 heavy (non-hydrogen) atoms. The molecule has 0 saturated heterocycles. The first kappa shape index (κ1) is 13.9.